The predicted molar refractivity (Wildman–Crippen MR) is 79.9 cm³/mol. The molecule has 0 unspecified atom stereocenters. The SMILES string of the molecule is CC1(C)CC(=O)c2sc(S(=O)(=O)c3ccccc3)cc2O1. The van der Waals surface area contributed by atoms with Gasteiger partial charge in [0.15, 0.2) is 5.78 Å². The molecule has 1 aromatic heterocycles. The van der Waals surface area contributed by atoms with Crippen LogP contribution in [-0.4, -0.2) is 19.8 Å². The smallest absolute Gasteiger partial charge is 0.216 e. The van der Waals surface area contributed by atoms with Gasteiger partial charge < -0.3 is 4.74 Å². The van der Waals surface area contributed by atoms with Crippen molar-refractivity contribution in [3.05, 3.63) is 41.3 Å². The van der Waals surface area contributed by atoms with Crippen LogP contribution < -0.4 is 4.74 Å². The second kappa shape index (κ2) is 4.68. The Morgan fingerprint density at radius 3 is 2.52 bits per heavy atom. The molecular formula is C15H14O4S2. The van der Waals surface area contributed by atoms with Crippen LogP contribution in [0.3, 0.4) is 0 Å². The third-order valence-corrected chi connectivity index (χ3v) is 6.62. The van der Waals surface area contributed by atoms with E-state index in [1.165, 1.54) is 6.07 Å². The summed E-state index contributed by atoms with van der Waals surface area (Å²) in [5, 5.41) is 0. The third-order valence-electron chi connectivity index (χ3n) is 3.22. The zero-order chi connectivity index (χ0) is 15.3. The lowest BCUT2D eigenvalue weighted by Gasteiger charge is -2.29. The molecule has 1 aliphatic rings. The molecule has 6 heteroatoms. The van der Waals surface area contributed by atoms with Crippen LogP contribution in [0, 0.1) is 0 Å². The van der Waals surface area contributed by atoms with Gasteiger partial charge in [0.25, 0.3) is 0 Å². The number of sulfone groups is 1. The number of rotatable bonds is 2. The van der Waals surface area contributed by atoms with Crippen LogP contribution >= 0.6 is 11.3 Å². The topological polar surface area (TPSA) is 60.4 Å². The van der Waals surface area contributed by atoms with E-state index in [0.29, 0.717) is 10.6 Å². The highest BCUT2D eigenvalue weighted by Crippen LogP contribution is 2.41. The summed E-state index contributed by atoms with van der Waals surface area (Å²) in [5.74, 6) is 0.302. The van der Waals surface area contributed by atoms with Crippen molar-refractivity contribution in [3.8, 4) is 5.75 Å². The molecule has 0 atom stereocenters. The Morgan fingerprint density at radius 2 is 1.86 bits per heavy atom. The van der Waals surface area contributed by atoms with E-state index in [1.807, 2.05) is 13.8 Å². The Morgan fingerprint density at radius 1 is 1.19 bits per heavy atom. The first-order valence-corrected chi connectivity index (χ1v) is 8.76. The fourth-order valence-electron chi connectivity index (χ4n) is 2.27. The normalized spacial score (nSPS) is 17.1. The van der Waals surface area contributed by atoms with Gasteiger partial charge in [-0.3, -0.25) is 4.79 Å². The van der Waals surface area contributed by atoms with Crippen LogP contribution in [0.15, 0.2) is 45.5 Å². The maximum absolute atomic E-state index is 12.6. The fraction of sp³-hybridized carbons (Fsp3) is 0.267. The van der Waals surface area contributed by atoms with Crippen molar-refractivity contribution in [3.63, 3.8) is 0 Å². The minimum absolute atomic E-state index is 0.0687. The largest absolute Gasteiger partial charge is 0.486 e. The average Bonchev–Trinajstić information content (AvgIpc) is 2.83. The lowest BCUT2D eigenvalue weighted by Crippen LogP contribution is -2.35. The van der Waals surface area contributed by atoms with E-state index in [2.05, 4.69) is 0 Å². The summed E-state index contributed by atoms with van der Waals surface area (Å²) in [6, 6.07) is 9.65. The summed E-state index contributed by atoms with van der Waals surface area (Å²) < 4.78 is 31.0. The summed E-state index contributed by atoms with van der Waals surface area (Å²) in [4.78, 5) is 12.7. The van der Waals surface area contributed by atoms with Crippen molar-refractivity contribution in [2.75, 3.05) is 0 Å². The summed E-state index contributed by atoms with van der Waals surface area (Å²) in [5.41, 5.74) is -0.598. The highest BCUT2D eigenvalue weighted by atomic mass is 32.2. The third kappa shape index (κ3) is 2.49. The number of benzene rings is 1. The second-order valence-corrected chi connectivity index (χ2v) is 8.77. The van der Waals surface area contributed by atoms with E-state index in [9.17, 15) is 13.2 Å². The van der Waals surface area contributed by atoms with E-state index in [4.69, 9.17) is 4.74 Å². The highest BCUT2D eigenvalue weighted by molar-refractivity contribution is 7.93. The van der Waals surface area contributed by atoms with E-state index in [1.54, 1.807) is 30.3 Å². The molecule has 3 rings (SSSR count). The number of hydrogen-bond donors (Lipinski definition) is 0. The highest BCUT2D eigenvalue weighted by Gasteiger charge is 2.36. The molecule has 110 valence electrons. The van der Waals surface area contributed by atoms with Crippen LogP contribution in [0.5, 0.6) is 5.75 Å². The van der Waals surface area contributed by atoms with E-state index < -0.39 is 15.4 Å². The van der Waals surface area contributed by atoms with Gasteiger partial charge in [-0.2, -0.15) is 0 Å². The van der Waals surface area contributed by atoms with Gasteiger partial charge in [0.05, 0.1) is 11.3 Å². The van der Waals surface area contributed by atoms with Crippen molar-refractivity contribution < 1.29 is 17.9 Å². The van der Waals surface area contributed by atoms with Crippen molar-refractivity contribution in [1.82, 2.24) is 0 Å². The van der Waals surface area contributed by atoms with Gasteiger partial charge >= 0.3 is 0 Å². The summed E-state index contributed by atoms with van der Waals surface area (Å²) >= 11 is 0.983. The van der Waals surface area contributed by atoms with Gasteiger partial charge in [-0.05, 0) is 26.0 Å². The van der Waals surface area contributed by atoms with Crippen molar-refractivity contribution in [1.29, 1.82) is 0 Å². The van der Waals surface area contributed by atoms with Crippen LogP contribution in [0.1, 0.15) is 29.9 Å². The lowest BCUT2D eigenvalue weighted by molar-refractivity contribution is 0.0630. The van der Waals surface area contributed by atoms with Crippen molar-refractivity contribution >= 4 is 27.0 Å². The first kappa shape index (κ1) is 14.3. The van der Waals surface area contributed by atoms with Gasteiger partial charge in [-0.25, -0.2) is 8.42 Å². The van der Waals surface area contributed by atoms with Crippen LogP contribution in [-0.2, 0) is 9.84 Å². The van der Waals surface area contributed by atoms with Crippen LogP contribution in [0.4, 0.5) is 0 Å². The molecule has 2 heterocycles. The van der Waals surface area contributed by atoms with Crippen molar-refractivity contribution in [2.24, 2.45) is 0 Å². The maximum Gasteiger partial charge on any atom is 0.216 e. The first-order valence-electron chi connectivity index (χ1n) is 6.46. The molecule has 21 heavy (non-hydrogen) atoms. The zero-order valence-corrected chi connectivity index (χ0v) is 13.3. The average molecular weight is 322 g/mol. The molecule has 0 amide bonds. The molecule has 0 saturated carbocycles. The Labute approximate surface area is 127 Å². The molecule has 0 bridgehead atoms. The Bertz CT molecular complexity index is 801. The number of Topliss-reactive ketones (excluding diaryl/α,β-unsaturated/α-hetero) is 1. The number of carbonyl (C=O) groups is 1. The summed E-state index contributed by atoms with van der Waals surface area (Å²) in [6.45, 7) is 3.63. The van der Waals surface area contributed by atoms with Gasteiger partial charge in [-0.1, -0.05) is 18.2 Å². The van der Waals surface area contributed by atoms with Gasteiger partial charge in [-0.15, -0.1) is 11.3 Å². The number of fused-ring (bicyclic) bond motifs is 1. The minimum Gasteiger partial charge on any atom is -0.486 e. The van der Waals surface area contributed by atoms with E-state index in [-0.39, 0.29) is 21.3 Å². The Kier molecular flexibility index (Phi) is 3.18. The van der Waals surface area contributed by atoms with E-state index >= 15 is 0 Å². The molecule has 2 aromatic rings. The fourth-order valence-corrected chi connectivity index (χ4v) is 5.01. The molecule has 4 nitrogen and oxygen atoms in total. The summed E-state index contributed by atoms with van der Waals surface area (Å²) in [7, 11) is -3.61. The standard InChI is InChI=1S/C15H14O4S2/c1-15(2)9-11(16)14-12(19-15)8-13(20-14)21(17,18)10-6-4-3-5-7-10/h3-8H,9H2,1-2H3. The van der Waals surface area contributed by atoms with Gasteiger partial charge in [0.2, 0.25) is 9.84 Å². The van der Waals surface area contributed by atoms with Crippen molar-refractivity contribution in [2.45, 2.75) is 35.0 Å². The molecule has 0 saturated heterocycles. The number of thiophene rings is 1. The Balaban J connectivity index is 2.09. The Hall–Kier alpha value is -1.66. The number of ketones is 1. The second-order valence-electron chi connectivity index (χ2n) is 5.54. The van der Waals surface area contributed by atoms with Crippen LogP contribution in [0.25, 0.3) is 0 Å². The molecule has 0 aliphatic carbocycles. The zero-order valence-electron chi connectivity index (χ0n) is 11.6. The molecule has 1 aromatic carbocycles. The number of hydrogen-bond acceptors (Lipinski definition) is 5. The minimum atomic E-state index is -3.61. The predicted octanol–water partition coefficient (Wildman–Crippen LogP) is 3.32. The molecule has 1 aliphatic heterocycles. The first-order chi connectivity index (χ1) is 9.79. The molecule has 0 N–H and O–H groups in total. The monoisotopic (exact) mass is 322 g/mol. The quantitative estimate of drug-likeness (QED) is 0.851. The molecule has 0 spiro atoms. The molecular weight excluding hydrogens is 308 g/mol. The number of carbonyl (C=O) groups excluding carboxylic acids is 1. The summed E-state index contributed by atoms with van der Waals surface area (Å²) in [6.07, 6.45) is 0.255. The number of ether oxygens (including phenoxy) is 1. The van der Waals surface area contributed by atoms with E-state index in [0.717, 1.165) is 11.3 Å². The molecule has 0 radical (unpaired) electrons. The van der Waals surface area contributed by atoms with Gasteiger partial charge in [0.1, 0.15) is 20.4 Å². The lowest BCUT2D eigenvalue weighted by atomic mass is 9.98. The van der Waals surface area contributed by atoms with Crippen LogP contribution in [0.2, 0.25) is 0 Å². The van der Waals surface area contributed by atoms with Gasteiger partial charge in [0, 0.05) is 6.07 Å². The maximum atomic E-state index is 12.6. The molecule has 0 fully saturated rings.